The van der Waals surface area contributed by atoms with Gasteiger partial charge in [-0.2, -0.15) is 0 Å². The molecule has 2 aromatic carbocycles. The van der Waals surface area contributed by atoms with Crippen LogP contribution in [-0.2, 0) is 16.6 Å². The Labute approximate surface area is 152 Å². The number of carbonyl (C=O) groups excluding carboxylic acids is 2. The van der Waals surface area contributed by atoms with Gasteiger partial charge >= 0.3 is 5.97 Å². The molecular weight excluding hydrogens is 328 g/mol. The first-order chi connectivity index (χ1) is 12.5. The third-order valence-corrected chi connectivity index (χ3v) is 4.04. The Balaban J connectivity index is 1.83. The summed E-state index contributed by atoms with van der Waals surface area (Å²) < 4.78 is 7.20. The highest BCUT2D eigenvalue weighted by atomic mass is 16.5. The van der Waals surface area contributed by atoms with Crippen molar-refractivity contribution < 1.29 is 14.3 Å². The number of anilines is 1. The van der Waals surface area contributed by atoms with Crippen LogP contribution in [0.4, 0.5) is 5.69 Å². The number of esters is 1. The molecule has 3 rings (SSSR count). The molecule has 5 heteroatoms. The van der Waals surface area contributed by atoms with Crippen molar-refractivity contribution in [3.8, 4) is 0 Å². The van der Waals surface area contributed by atoms with Crippen LogP contribution in [0.5, 0.6) is 0 Å². The lowest BCUT2D eigenvalue weighted by molar-refractivity contribution is -0.125. The normalized spacial score (nSPS) is 11.6. The van der Waals surface area contributed by atoms with Gasteiger partial charge in [0, 0.05) is 24.5 Å². The topological polar surface area (TPSA) is 60.3 Å². The van der Waals surface area contributed by atoms with Gasteiger partial charge in [-0.15, -0.1) is 0 Å². The van der Waals surface area contributed by atoms with E-state index in [0.717, 1.165) is 5.56 Å². The highest BCUT2D eigenvalue weighted by Gasteiger charge is 2.26. The average Bonchev–Trinajstić information content (AvgIpc) is 3.08. The fourth-order valence-corrected chi connectivity index (χ4v) is 2.59. The minimum Gasteiger partial charge on any atom is -0.443 e. The smallest absolute Gasteiger partial charge is 0.356 e. The van der Waals surface area contributed by atoms with E-state index in [1.165, 1.54) is 0 Å². The summed E-state index contributed by atoms with van der Waals surface area (Å²) >= 11 is 0. The van der Waals surface area contributed by atoms with E-state index in [-0.39, 0.29) is 0 Å². The van der Waals surface area contributed by atoms with Crippen LogP contribution < -0.4 is 5.32 Å². The Morgan fingerprint density at radius 2 is 1.65 bits per heavy atom. The second kappa shape index (κ2) is 7.70. The molecule has 0 unspecified atom stereocenters. The van der Waals surface area contributed by atoms with E-state index >= 15 is 0 Å². The molecule has 1 N–H and O–H groups in total. The number of aromatic nitrogens is 1. The van der Waals surface area contributed by atoms with Crippen LogP contribution in [0.1, 0.15) is 27.7 Å². The quantitative estimate of drug-likeness (QED) is 0.712. The Bertz CT molecular complexity index is 899. The molecule has 0 saturated heterocycles. The number of rotatable bonds is 5. The lowest BCUT2D eigenvalue weighted by atomic mass is 10.1. The molecule has 1 amide bonds. The summed E-state index contributed by atoms with van der Waals surface area (Å²) in [6, 6.07) is 19.8. The lowest BCUT2D eigenvalue weighted by Gasteiger charge is -2.18. The first kappa shape index (κ1) is 17.5. The van der Waals surface area contributed by atoms with Crippen molar-refractivity contribution in [3.63, 3.8) is 0 Å². The summed E-state index contributed by atoms with van der Waals surface area (Å²) in [5.74, 6) is -0.951. The van der Waals surface area contributed by atoms with E-state index < -0.39 is 18.0 Å². The van der Waals surface area contributed by atoms with Crippen molar-refractivity contribution in [3.05, 3.63) is 89.7 Å². The molecule has 3 aromatic rings. The summed E-state index contributed by atoms with van der Waals surface area (Å²) in [5.41, 5.74) is 2.74. The molecule has 0 saturated carbocycles. The standard InChI is InChI=1S/C21H20N2O3/c1-15-10-12-17(13-11-15)22-20(24)19(16-7-4-3-5-8-16)26-21(25)18-9-6-14-23(18)2/h3-14,19H,1-2H3,(H,22,24)/t19-/m1/s1. The molecule has 0 radical (unpaired) electrons. The number of hydrogen-bond acceptors (Lipinski definition) is 3. The summed E-state index contributed by atoms with van der Waals surface area (Å²) in [6.07, 6.45) is 0.709. The van der Waals surface area contributed by atoms with E-state index in [2.05, 4.69) is 5.32 Å². The third kappa shape index (κ3) is 4.00. The molecule has 26 heavy (non-hydrogen) atoms. The zero-order valence-electron chi connectivity index (χ0n) is 14.7. The van der Waals surface area contributed by atoms with Gasteiger partial charge in [-0.3, -0.25) is 4.79 Å². The van der Waals surface area contributed by atoms with Gasteiger partial charge in [0.15, 0.2) is 0 Å². The number of nitrogens with one attached hydrogen (secondary N) is 1. The SMILES string of the molecule is Cc1ccc(NC(=O)[C@H](OC(=O)c2cccn2C)c2ccccc2)cc1. The van der Waals surface area contributed by atoms with Crippen LogP contribution in [0.3, 0.4) is 0 Å². The molecule has 1 heterocycles. The summed E-state index contributed by atoms with van der Waals surface area (Å²) in [6.45, 7) is 1.97. The van der Waals surface area contributed by atoms with E-state index in [4.69, 9.17) is 4.74 Å². The fourth-order valence-electron chi connectivity index (χ4n) is 2.59. The minimum atomic E-state index is -1.04. The number of ether oxygens (including phenoxy) is 1. The third-order valence-electron chi connectivity index (χ3n) is 4.04. The number of hydrogen-bond donors (Lipinski definition) is 1. The molecule has 0 aliphatic rings. The van der Waals surface area contributed by atoms with Crippen molar-refractivity contribution in [1.82, 2.24) is 4.57 Å². The molecule has 1 atom stereocenters. The molecule has 1 aromatic heterocycles. The maximum Gasteiger partial charge on any atom is 0.356 e. The lowest BCUT2D eigenvalue weighted by Crippen LogP contribution is -2.26. The van der Waals surface area contributed by atoms with Crippen LogP contribution in [0.25, 0.3) is 0 Å². The predicted molar refractivity (Wildman–Crippen MR) is 99.8 cm³/mol. The molecule has 5 nitrogen and oxygen atoms in total. The Kier molecular flexibility index (Phi) is 5.17. The van der Waals surface area contributed by atoms with Crippen LogP contribution in [0.15, 0.2) is 72.9 Å². The predicted octanol–water partition coefficient (Wildman–Crippen LogP) is 3.87. The van der Waals surface area contributed by atoms with Crippen molar-refractivity contribution >= 4 is 17.6 Å². The number of benzene rings is 2. The van der Waals surface area contributed by atoms with Crippen LogP contribution in [0.2, 0.25) is 0 Å². The van der Waals surface area contributed by atoms with Gasteiger partial charge in [0.2, 0.25) is 6.10 Å². The number of carbonyl (C=O) groups is 2. The molecule has 132 valence electrons. The maximum absolute atomic E-state index is 12.8. The highest BCUT2D eigenvalue weighted by molar-refractivity contribution is 5.97. The fraction of sp³-hybridized carbons (Fsp3) is 0.143. The molecule has 0 fully saturated rings. The van der Waals surface area contributed by atoms with E-state index in [1.54, 1.807) is 54.2 Å². The maximum atomic E-state index is 12.8. The van der Waals surface area contributed by atoms with Crippen molar-refractivity contribution in [2.24, 2.45) is 7.05 Å². The van der Waals surface area contributed by atoms with Gasteiger partial charge in [0.05, 0.1) is 0 Å². The molecule has 0 aliphatic carbocycles. The number of amides is 1. The highest BCUT2D eigenvalue weighted by Crippen LogP contribution is 2.22. The first-order valence-electron chi connectivity index (χ1n) is 8.29. The summed E-state index contributed by atoms with van der Waals surface area (Å²) in [7, 11) is 1.75. The van der Waals surface area contributed by atoms with Crippen LogP contribution in [0, 0.1) is 6.92 Å². The molecule has 0 bridgehead atoms. The Hall–Kier alpha value is -3.34. The molecule has 0 aliphatic heterocycles. The monoisotopic (exact) mass is 348 g/mol. The van der Waals surface area contributed by atoms with Gasteiger partial charge in [-0.05, 0) is 31.2 Å². The van der Waals surface area contributed by atoms with E-state index in [9.17, 15) is 9.59 Å². The summed E-state index contributed by atoms with van der Waals surface area (Å²) in [5, 5.41) is 2.81. The van der Waals surface area contributed by atoms with Gasteiger partial charge in [-0.1, -0.05) is 48.0 Å². The second-order valence-electron chi connectivity index (χ2n) is 6.06. The molecular formula is C21H20N2O3. The largest absolute Gasteiger partial charge is 0.443 e. The van der Waals surface area contributed by atoms with Gasteiger partial charge in [0.25, 0.3) is 5.91 Å². The van der Waals surface area contributed by atoms with Crippen LogP contribution >= 0.6 is 0 Å². The van der Waals surface area contributed by atoms with Gasteiger partial charge in [-0.25, -0.2) is 4.79 Å². The van der Waals surface area contributed by atoms with Gasteiger partial charge in [0.1, 0.15) is 5.69 Å². The van der Waals surface area contributed by atoms with Crippen molar-refractivity contribution in [2.75, 3.05) is 5.32 Å². The zero-order chi connectivity index (χ0) is 18.5. The molecule has 0 spiro atoms. The van der Waals surface area contributed by atoms with Crippen molar-refractivity contribution in [1.29, 1.82) is 0 Å². The van der Waals surface area contributed by atoms with Crippen molar-refractivity contribution in [2.45, 2.75) is 13.0 Å². The zero-order valence-corrected chi connectivity index (χ0v) is 14.7. The number of aryl methyl sites for hydroxylation is 2. The van der Waals surface area contributed by atoms with E-state index in [0.29, 0.717) is 16.9 Å². The Morgan fingerprint density at radius 3 is 2.27 bits per heavy atom. The first-order valence-corrected chi connectivity index (χ1v) is 8.29. The van der Waals surface area contributed by atoms with E-state index in [1.807, 2.05) is 37.3 Å². The summed E-state index contributed by atoms with van der Waals surface area (Å²) in [4.78, 5) is 25.3. The average molecular weight is 348 g/mol. The van der Waals surface area contributed by atoms with Gasteiger partial charge < -0.3 is 14.6 Å². The Morgan fingerprint density at radius 1 is 0.962 bits per heavy atom. The van der Waals surface area contributed by atoms with Crippen LogP contribution in [-0.4, -0.2) is 16.4 Å². The second-order valence-corrected chi connectivity index (χ2v) is 6.06. The number of nitrogens with zero attached hydrogens (tertiary/aromatic N) is 1. The minimum absolute atomic E-state index is 0.383.